The second-order valence-corrected chi connectivity index (χ2v) is 5.10. The standard InChI is InChI=1S/C11H22N2/c1-9-8-13(11(2)5-6-11)7-4-10(9)12-3/h9-10,12H,4-8H2,1-3H3. The zero-order valence-corrected chi connectivity index (χ0v) is 9.14. The molecule has 13 heavy (non-hydrogen) atoms. The van der Waals surface area contributed by atoms with E-state index in [4.69, 9.17) is 0 Å². The molecule has 2 fully saturated rings. The maximum absolute atomic E-state index is 3.42. The van der Waals surface area contributed by atoms with Gasteiger partial charge < -0.3 is 5.32 Å². The lowest BCUT2D eigenvalue weighted by Gasteiger charge is -2.40. The fourth-order valence-corrected chi connectivity index (χ4v) is 2.56. The average molecular weight is 182 g/mol. The zero-order chi connectivity index (χ0) is 9.47. The van der Waals surface area contributed by atoms with Gasteiger partial charge >= 0.3 is 0 Å². The Labute approximate surface area is 81.7 Å². The summed E-state index contributed by atoms with van der Waals surface area (Å²) in [4.78, 5) is 2.70. The topological polar surface area (TPSA) is 15.3 Å². The molecule has 2 unspecified atom stereocenters. The van der Waals surface area contributed by atoms with Crippen LogP contribution in [0.3, 0.4) is 0 Å². The summed E-state index contributed by atoms with van der Waals surface area (Å²) in [6.45, 7) is 7.38. The predicted octanol–water partition coefficient (Wildman–Crippen LogP) is 1.47. The smallest absolute Gasteiger partial charge is 0.0182 e. The highest BCUT2D eigenvalue weighted by Gasteiger charge is 2.45. The first-order valence-electron chi connectivity index (χ1n) is 5.58. The minimum atomic E-state index is 0.590. The Morgan fingerprint density at radius 1 is 1.38 bits per heavy atom. The van der Waals surface area contributed by atoms with Crippen molar-refractivity contribution >= 4 is 0 Å². The molecule has 1 N–H and O–H groups in total. The van der Waals surface area contributed by atoms with Gasteiger partial charge in [-0.25, -0.2) is 0 Å². The fraction of sp³-hybridized carbons (Fsp3) is 1.00. The van der Waals surface area contributed by atoms with Crippen LogP contribution in [0, 0.1) is 5.92 Å². The molecule has 0 amide bonds. The van der Waals surface area contributed by atoms with Crippen LogP contribution in [-0.2, 0) is 0 Å². The van der Waals surface area contributed by atoms with Crippen LogP contribution in [-0.4, -0.2) is 36.6 Å². The van der Waals surface area contributed by atoms with Crippen LogP contribution in [0.1, 0.15) is 33.1 Å². The summed E-state index contributed by atoms with van der Waals surface area (Å²) in [5, 5.41) is 3.42. The predicted molar refractivity (Wildman–Crippen MR) is 55.8 cm³/mol. The van der Waals surface area contributed by atoms with Gasteiger partial charge in [0.25, 0.3) is 0 Å². The Kier molecular flexibility index (Phi) is 2.37. The third kappa shape index (κ3) is 1.75. The van der Waals surface area contributed by atoms with Crippen molar-refractivity contribution in [1.29, 1.82) is 0 Å². The number of hydrogen-bond donors (Lipinski definition) is 1. The van der Waals surface area contributed by atoms with E-state index in [9.17, 15) is 0 Å². The third-order valence-electron chi connectivity index (χ3n) is 4.01. The number of piperidine rings is 1. The number of likely N-dealkylation sites (tertiary alicyclic amines) is 1. The summed E-state index contributed by atoms with van der Waals surface area (Å²) in [6.07, 6.45) is 4.17. The van der Waals surface area contributed by atoms with Crippen LogP contribution in [0.25, 0.3) is 0 Å². The van der Waals surface area contributed by atoms with E-state index in [2.05, 4.69) is 31.1 Å². The molecule has 1 saturated heterocycles. The number of rotatable bonds is 2. The molecule has 0 aromatic carbocycles. The molecule has 1 aliphatic heterocycles. The summed E-state index contributed by atoms with van der Waals surface area (Å²) in [7, 11) is 2.09. The van der Waals surface area contributed by atoms with Crippen LogP contribution >= 0.6 is 0 Å². The van der Waals surface area contributed by atoms with E-state index in [-0.39, 0.29) is 0 Å². The second kappa shape index (κ2) is 3.25. The summed E-state index contributed by atoms with van der Waals surface area (Å²) in [6, 6.07) is 0.749. The molecule has 76 valence electrons. The van der Waals surface area contributed by atoms with E-state index in [1.807, 2.05) is 0 Å². The minimum Gasteiger partial charge on any atom is -0.317 e. The van der Waals surface area contributed by atoms with Crippen LogP contribution < -0.4 is 5.32 Å². The molecule has 0 aromatic rings. The third-order valence-corrected chi connectivity index (χ3v) is 4.01. The van der Waals surface area contributed by atoms with Gasteiger partial charge in [-0.2, -0.15) is 0 Å². The second-order valence-electron chi connectivity index (χ2n) is 5.10. The minimum absolute atomic E-state index is 0.590. The highest BCUT2D eigenvalue weighted by Crippen LogP contribution is 2.42. The Balaban J connectivity index is 1.91. The van der Waals surface area contributed by atoms with Crippen molar-refractivity contribution < 1.29 is 0 Å². The van der Waals surface area contributed by atoms with Gasteiger partial charge in [-0.15, -0.1) is 0 Å². The highest BCUT2D eigenvalue weighted by atomic mass is 15.2. The maximum atomic E-state index is 3.42. The van der Waals surface area contributed by atoms with Crippen LogP contribution in [0.2, 0.25) is 0 Å². The lowest BCUT2D eigenvalue weighted by atomic mass is 9.93. The Hall–Kier alpha value is -0.0800. The van der Waals surface area contributed by atoms with E-state index in [0.29, 0.717) is 5.54 Å². The SMILES string of the molecule is CNC1CCN(C2(C)CC2)CC1C. The molecule has 2 atom stereocenters. The van der Waals surface area contributed by atoms with Crippen LogP contribution in [0.4, 0.5) is 0 Å². The van der Waals surface area contributed by atoms with Gasteiger partial charge in [-0.3, -0.25) is 4.90 Å². The molecule has 0 spiro atoms. The van der Waals surface area contributed by atoms with E-state index >= 15 is 0 Å². The van der Waals surface area contributed by atoms with Crippen molar-refractivity contribution in [2.75, 3.05) is 20.1 Å². The molecule has 2 heteroatoms. The normalized spacial score (nSPS) is 39.0. The van der Waals surface area contributed by atoms with E-state index in [1.165, 1.54) is 32.4 Å². The van der Waals surface area contributed by atoms with Gasteiger partial charge in [0.1, 0.15) is 0 Å². The molecule has 1 saturated carbocycles. The summed E-state index contributed by atoms with van der Waals surface area (Å²) < 4.78 is 0. The maximum Gasteiger partial charge on any atom is 0.0182 e. The van der Waals surface area contributed by atoms with Crippen molar-refractivity contribution in [3.63, 3.8) is 0 Å². The van der Waals surface area contributed by atoms with Crippen molar-refractivity contribution in [3.8, 4) is 0 Å². The lowest BCUT2D eigenvalue weighted by molar-refractivity contribution is 0.102. The molecule has 2 nitrogen and oxygen atoms in total. The van der Waals surface area contributed by atoms with Gasteiger partial charge in [0.05, 0.1) is 0 Å². The van der Waals surface area contributed by atoms with Crippen molar-refractivity contribution in [3.05, 3.63) is 0 Å². The Bertz CT molecular complexity index is 187. The molecule has 1 heterocycles. The van der Waals surface area contributed by atoms with E-state index in [0.717, 1.165) is 12.0 Å². The number of nitrogens with zero attached hydrogens (tertiary/aromatic N) is 1. The van der Waals surface area contributed by atoms with Gasteiger partial charge in [-0.1, -0.05) is 6.92 Å². The molecule has 2 rings (SSSR count). The quantitative estimate of drug-likeness (QED) is 0.695. The average Bonchev–Trinajstić information content (AvgIpc) is 2.85. The monoisotopic (exact) mass is 182 g/mol. The molecule has 0 aromatic heterocycles. The highest BCUT2D eigenvalue weighted by molar-refractivity contribution is 5.02. The first kappa shape index (κ1) is 9.47. The lowest BCUT2D eigenvalue weighted by Crippen LogP contribution is -2.50. The van der Waals surface area contributed by atoms with Crippen molar-refractivity contribution in [2.24, 2.45) is 5.92 Å². The molecule has 0 radical (unpaired) electrons. The van der Waals surface area contributed by atoms with Gasteiger partial charge in [-0.05, 0) is 39.2 Å². The number of hydrogen-bond acceptors (Lipinski definition) is 2. The fourth-order valence-electron chi connectivity index (χ4n) is 2.56. The van der Waals surface area contributed by atoms with Gasteiger partial charge in [0, 0.05) is 24.7 Å². The van der Waals surface area contributed by atoms with E-state index in [1.54, 1.807) is 0 Å². The molecule has 0 bridgehead atoms. The molecule has 2 aliphatic rings. The van der Waals surface area contributed by atoms with Crippen LogP contribution in [0.5, 0.6) is 0 Å². The van der Waals surface area contributed by atoms with E-state index < -0.39 is 0 Å². The molecular weight excluding hydrogens is 160 g/mol. The largest absolute Gasteiger partial charge is 0.317 e. The van der Waals surface area contributed by atoms with Crippen molar-refractivity contribution in [1.82, 2.24) is 10.2 Å². The molecule has 1 aliphatic carbocycles. The zero-order valence-electron chi connectivity index (χ0n) is 9.14. The summed E-state index contributed by atoms with van der Waals surface area (Å²) in [5.41, 5.74) is 0.590. The number of nitrogens with one attached hydrogen (secondary N) is 1. The summed E-state index contributed by atoms with van der Waals surface area (Å²) in [5.74, 6) is 0.816. The van der Waals surface area contributed by atoms with Crippen LogP contribution in [0.15, 0.2) is 0 Å². The Morgan fingerprint density at radius 3 is 2.54 bits per heavy atom. The summed E-state index contributed by atoms with van der Waals surface area (Å²) >= 11 is 0. The first-order valence-corrected chi connectivity index (χ1v) is 5.58. The van der Waals surface area contributed by atoms with Crippen molar-refractivity contribution in [2.45, 2.75) is 44.7 Å². The first-order chi connectivity index (χ1) is 6.15. The molecular formula is C11H22N2. The van der Waals surface area contributed by atoms with Gasteiger partial charge in [0.2, 0.25) is 0 Å². The Morgan fingerprint density at radius 2 is 2.08 bits per heavy atom. The van der Waals surface area contributed by atoms with Gasteiger partial charge in [0.15, 0.2) is 0 Å².